The van der Waals surface area contributed by atoms with Crippen LogP contribution in [-0.2, 0) is 9.84 Å². The van der Waals surface area contributed by atoms with Crippen molar-refractivity contribution in [3.63, 3.8) is 0 Å². The molecule has 1 aromatic rings. The fourth-order valence-electron chi connectivity index (χ4n) is 2.79. The molecular weight excluding hydrogens is 274 g/mol. The Bertz CT molecular complexity index is 595. The van der Waals surface area contributed by atoms with Crippen LogP contribution in [0.5, 0.6) is 5.75 Å². The maximum Gasteiger partial charge on any atom is 0.181 e. The molecule has 1 aliphatic heterocycles. The van der Waals surface area contributed by atoms with E-state index >= 15 is 0 Å². The lowest BCUT2D eigenvalue weighted by Crippen LogP contribution is -2.43. The van der Waals surface area contributed by atoms with Crippen molar-refractivity contribution in [2.45, 2.75) is 49.9 Å². The molecule has 5 heteroatoms. The normalized spacial score (nSPS) is 28.2. The molecule has 1 N–H and O–H groups in total. The van der Waals surface area contributed by atoms with E-state index in [2.05, 4.69) is 19.2 Å². The molecule has 1 heterocycles. The van der Waals surface area contributed by atoms with Crippen molar-refractivity contribution in [3.8, 4) is 5.75 Å². The summed E-state index contributed by atoms with van der Waals surface area (Å²) in [5, 5.41) is 3.10. The molecule has 20 heavy (non-hydrogen) atoms. The van der Waals surface area contributed by atoms with Gasteiger partial charge in [-0.25, -0.2) is 8.42 Å². The van der Waals surface area contributed by atoms with Crippen LogP contribution in [0.3, 0.4) is 0 Å². The third kappa shape index (κ3) is 2.44. The number of benzene rings is 1. The van der Waals surface area contributed by atoms with Crippen LogP contribution >= 0.6 is 0 Å². The summed E-state index contributed by atoms with van der Waals surface area (Å²) in [6, 6.07) is 5.54. The van der Waals surface area contributed by atoms with Crippen molar-refractivity contribution >= 4 is 9.84 Å². The first-order chi connectivity index (χ1) is 9.28. The van der Waals surface area contributed by atoms with Gasteiger partial charge in [-0.3, -0.25) is 0 Å². The zero-order valence-corrected chi connectivity index (χ0v) is 13.5. The van der Waals surface area contributed by atoms with Gasteiger partial charge in [-0.2, -0.15) is 0 Å². The maximum absolute atomic E-state index is 12.6. The Balaban J connectivity index is 2.62. The first-order valence-corrected chi connectivity index (χ1v) is 8.51. The Morgan fingerprint density at radius 3 is 2.45 bits per heavy atom. The van der Waals surface area contributed by atoms with Crippen molar-refractivity contribution in [3.05, 3.63) is 23.8 Å². The van der Waals surface area contributed by atoms with Crippen LogP contribution in [0.2, 0.25) is 0 Å². The third-order valence-corrected chi connectivity index (χ3v) is 6.52. The number of methoxy groups -OCH3 is 1. The van der Waals surface area contributed by atoms with Crippen LogP contribution < -0.4 is 10.1 Å². The minimum atomic E-state index is -3.26. The predicted molar refractivity (Wildman–Crippen MR) is 79.8 cm³/mol. The summed E-state index contributed by atoms with van der Waals surface area (Å²) in [5.41, 5.74) is 0.823. The molecule has 0 spiro atoms. The Morgan fingerprint density at radius 2 is 1.90 bits per heavy atom. The molecule has 0 radical (unpaired) electrons. The zero-order valence-electron chi connectivity index (χ0n) is 12.7. The van der Waals surface area contributed by atoms with E-state index in [1.807, 2.05) is 13.0 Å². The molecule has 0 saturated heterocycles. The number of hydrogen-bond acceptors (Lipinski definition) is 4. The summed E-state index contributed by atoms with van der Waals surface area (Å²) >= 11 is 0. The molecule has 0 bridgehead atoms. The predicted octanol–water partition coefficient (Wildman–Crippen LogP) is 2.55. The van der Waals surface area contributed by atoms with E-state index < -0.39 is 9.84 Å². The van der Waals surface area contributed by atoms with Gasteiger partial charge in [-0.05, 0) is 36.6 Å². The molecule has 0 aromatic heterocycles. The first-order valence-electron chi connectivity index (χ1n) is 6.97. The van der Waals surface area contributed by atoms with E-state index in [9.17, 15) is 8.42 Å². The van der Waals surface area contributed by atoms with Gasteiger partial charge in [0.2, 0.25) is 0 Å². The fraction of sp³-hybridized carbons (Fsp3) is 0.600. The number of ether oxygens (including phenoxy) is 1. The summed E-state index contributed by atoms with van der Waals surface area (Å²) in [4.78, 5) is 0.432. The summed E-state index contributed by atoms with van der Waals surface area (Å²) in [6.45, 7) is 7.92. The average Bonchev–Trinajstić information content (AvgIpc) is 2.40. The molecule has 0 aliphatic carbocycles. The molecule has 0 amide bonds. The lowest BCUT2D eigenvalue weighted by Gasteiger charge is -2.37. The second-order valence-corrected chi connectivity index (χ2v) is 8.09. The monoisotopic (exact) mass is 297 g/mol. The molecule has 1 aliphatic rings. The lowest BCUT2D eigenvalue weighted by molar-refractivity contribution is 0.334. The number of rotatable bonds is 3. The number of nitrogens with one attached hydrogen (secondary N) is 1. The van der Waals surface area contributed by atoms with E-state index in [-0.39, 0.29) is 23.3 Å². The van der Waals surface area contributed by atoms with E-state index in [1.54, 1.807) is 26.2 Å². The topological polar surface area (TPSA) is 55.4 Å². The molecule has 3 atom stereocenters. The number of hydrogen-bond donors (Lipinski definition) is 1. The summed E-state index contributed by atoms with van der Waals surface area (Å²) < 4.78 is 30.4. The van der Waals surface area contributed by atoms with Gasteiger partial charge >= 0.3 is 0 Å². The zero-order chi connectivity index (χ0) is 15.1. The highest BCUT2D eigenvalue weighted by Gasteiger charge is 2.41. The second kappa shape index (κ2) is 5.37. The Kier molecular flexibility index (Phi) is 4.12. The van der Waals surface area contributed by atoms with Gasteiger partial charge in [0.15, 0.2) is 9.84 Å². The summed E-state index contributed by atoms with van der Waals surface area (Å²) in [6.07, 6.45) is 0. The van der Waals surface area contributed by atoms with E-state index in [0.717, 1.165) is 5.56 Å². The SMILES string of the molecule is COc1ccc2c(c1)C(NC(C)C)C(C)C(C)S2(=O)=O. The molecule has 1 aromatic carbocycles. The average molecular weight is 297 g/mol. The standard InChI is InChI=1S/C15H23NO3S/c1-9(2)16-15-10(3)11(4)20(17,18)14-7-6-12(19-5)8-13(14)15/h6-11,15-16H,1-5H3. The van der Waals surface area contributed by atoms with Crippen molar-refractivity contribution < 1.29 is 13.2 Å². The number of sulfone groups is 1. The highest BCUT2D eigenvalue weighted by Crippen LogP contribution is 2.41. The van der Waals surface area contributed by atoms with E-state index in [4.69, 9.17) is 4.74 Å². The van der Waals surface area contributed by atoms with Gasteiger partial charge in [0, 0.05) is 12.1 Å². The van der Waals surface area contributed by atoms with Crippen molar-refractivity contribution in [2.75, 3.05) is 7.11 Å². The van der Waals surface area contributed by atoms with Gasteiger partial charge in [-0.15, -0.1) is 0 Å². The van der Waals surface area contributed by atoms with Gasteiger partial charge in [0.1, 0.15) is 5.75 Å². The minimum Gasteiger partial charge on any atom is -0.497 e. The van der Waals surface area contributed by atoms with Crippen molar-refractivity contribution in [1.82, 2.24) is 5.32 Å². The van der Waals surface area contributed by atoms with Crippen molar-refractivity contribution in [2.24, 2.45) is 5.92 Å². The Labute approximate surface area is 121 Å². The number of fused-ring (bicyclic) bond motifs is 1. The smallest absolute Gasteiger partial charge is 0.181 e. The summed E-state index contributed by atoms with van der Waals surface area (Å²) in [5.74, 6) is 0.707. The van der Waals surface area contributed by atoms with Crippen LogP contribution in [0.4, 0.5) is 0 Å². The van der Waals surface area contributed by atoms with Gasteiger partial charge in [0.05, 0.1) is 17.3 Å². The molecule has 0 fully saturated rings. The van der Waals surface area contributed by atoms with E-state index in [0.29, 0.717) is 10.6 Å². The quantitative estimate of drug-likeness (QED) is 0.931. The molecule has 0 saturated carbocycles. The highest BCUT2D eigenvalue weighted by molar-refractivity contribution is 7.92. The van der Waals surface area contributed by atoms with Crippen LogP contribution in [-0.4, -0.2) is 26.8 Å². The second-order valence-electron chi connectivity index (χ2n) is 5.81. The lowest BCUT2D eigenvalue weighted by atomic mass is 9.90. The first kappa shape index (κ1) is 15.3. The van der Waals surface area contributed by atoms with Gasteiger partial charge in [-0.1, -0.05) is 20.8 Å². The molecule has 3 unspecified atom stereocenters. The van der Waals surface area contributed by atoms with Crippen LogP contribution in [0.25, 0.3) is 0 Å². The molecule has 2 rings (SSSR count). The Hall–Kier alpha value is -1.07. The van der Waals surface area contributed by atoms with Gasteiger partial charge < -0.3 is 10.1 Å². The largest absolute Gasteiger partial charge is 0.497 e. The maximum atomic E-state index is 12.6. The molecule has 4 nitrogen and oxygen atoms in total. The highest BCUT2D eigenvalue weighted by atomic mass is 32.2. The third-order valence-electron chi connectivity index (χ3n) is 4.13. The minimum absolute atomic E-state index is 0.0157. The fourth-order valence-corrected chi connectivity index (χ4v) is 4.69. The molecular formula is C15H23NO3S. The molecule has 112 valence electrons. The van der Waals surface area contributed by atoms with Crippen molar-refractivity contribution in [1.29, 1.82) is 0 Å². The summed E-state index contributed by atoms with van der Waals surface area (Å²) in [7, 11) is -1.67. The van der Waals surface area contributed by atoms with Crippen LogP contribution in [0, 0.1) is 5.92 Å². The van der Waals surface area contributed by atoms with Gasteiger partial charge in [0.25, 0.3) is 0 Å². The van der Waals surface area contributed by atoms with Crippen LogP contribution in [0.1, 0.15) is 39.3 Å². The van der Waals surface area contributed by atoms with Crippen LogP contribution in [0.15, 0.2) is 23.1 Å². The van der Waals surface area contributed by atoms with E-state index in [1.165, 1.54) is 0 Å². The Morgan fingerprint density at radius 1 is 1.25 bits per heavy atom.